The molecule has 1 heterocycles. The number of nitrogens with zero attached hydrogens (tertiary/aromatic N) is 2. The van der Waals surface area contributed by atoms with Crippen molar-refractivity contribution in [2.75, 3.05) is 28.4 Å². The highest BCUT2D eigenvalue weighted by Crippen LogP contribution is 2.46. The molecule has 0 aliphatic heterocycles. The molecular formula is C22H24N2O5S. The number of rotatable bonds is 8. The lowest BCUT2D eigenvalue weighted by Gasteiger charge is -2.31. The second-order valence-corrected chi connectivity index (χ2v) is 7.34. The van der Waals surface area contributed by atoms with Crippen LogP contribution in [0.25, 0.3) is 0 Å². The Bertz CT molecular complexity index is 980. The van der Waals surface area contributed by atoms with Crippen molar-refractivity contribution in [2.24, 2.45) is 0 Å². The molecule has 158 valence electrons. The van der Waals surface area contributed by atoms with Crippen LogP contribution in [0.15, 0.2) is 55.1 Å². The van der Waals surface area contributed by atoms with Crippen molar-refractivity contribution in [3.05, 3.63) is 71.8 Å². The summed E-state index contributed by atoms with van der Waals surface area (Å²) >= 11 is 5.11. The van der Waals surface area contributed by atoms with E-state index in [9.17, 15) is 4.79 Å². The van der Waals surface area contributed by atoms with Gasteiger partial charge in [0.05, 0.1) is 45.1 Å². The number of imidazole rings is 1. The largest absolute Gasteiger partial charge is 0.493 e. The SMILES string of the molecule is COC(=O)c1ccc(C(S)(Cn2ccnc2)c2cc(OC)c(OC)c(OC)c2)cc1. The van der Waals surface area contributed by atoms with E-state index in [1.807, 2.05) is 35.0 Å². The molecule has 8 heteroatoms. The van der Waals surface area contributed by atoms with Gasteiger partial charge >= 0.3 is 5.97 Å². The van der Waals surface area contributed by atoms with Gasteiger partial charge in [-0.15, -0.1) is 0 Å². The molecule has 0 radical (unpaired) electrons. The molecule has 0 aliphatic carbocycles. The van der Waals surface area contributed by atoms with E-state index < -0.39 is 10.7 Å². The van der Waals surface area contributed by atoms with E-state index in [1.165, 1.54) is 7.11 Å². The first-order valence-corrected chi connectivity index (χ1v) is 9.59. The molecule has 2 aromatic carbocycles. The Morgan fingerprint density at radius 2 is 1.63 bits per heavy atom. The van der Waals surface area contributed by atoms with E-state index in [0.29, 0.717) is 29.4 Å². The van der Waals surface area contributed by atoms with Crippen molar-refractivity contribution in [3.63, 3.8) is 0 Å². The van der Waals surface area contributed by atoms with Gasteiger partial charge in [0.1, 0.15) is 0 Å². The molecule has 0 fully saturated rings. The first-order chi connectivity index (χ1) is 14.5. The normalized spacial score (nSPS) is 12.7. The van der Waals surface area contributed by atoms with E-state index in [-0.39, 0.29) is 0 Å². The molecule has 1 atom stereocenters. The minimum atomic E-state index is -0.790. The van der Waals surface area contributed by atoms with Crippen LogP contribution in [0, 0.1) is 0 Å². The zero-order valence-electron chi connectivity index (χ0n) is 17.3. The molecular weight excluding hydrogens is 404 g/mol. The van der Waals surface area contributed by atoms with Crippen LogP contribution in [0.1, 0.15) is 21.5 Å². The Hall–Kier alpha value is -3.13. The lowest BCUT2D eigenvalue weighted by Crippen LogP contribution is -2.27. The van der Waals surface area contributed by atoms with Crippen LogP contribution < -0.4 is 14.2 Å². The Balaban J connectivity index is 2.16. The Morgan fingerprint density at radius 1 is 1.00 bits per heavy atom. The lowest BCUT2D eigenvalue weighted by molar-refractivity contribution is 0.0600. The standard InChI is InChI=1S/C22H24N2O5S/c1-26-18-11-17(12-19(27-2)20(18)28-3)22(30,13-24-10-9-23-14-24)16-7-5-15(6-8-16)21(25)29-4/h5-12,14,30H,13H2,1-4H3. The van der Waals surface area contributed by atoms with Gasteiger partial charge in [-0.05, 0) is 35.4 Å². The van der Waals surface area contributed by atoms with Gasteiger partial charge in [0, 0.05) is 18.9 Å². The molecule has 0 amide bonds. The average molecular weight is 429 g/mol. The summed E-state index contributed by atoms with van der Waals surface area (Å²) in [5.41, 5.74) is 2.17. The highest BCUT2D eigenvalue weighted by molar-refractivity contribution is 7.81. The summed E-state index contributed by atoms with van der Waals surface area (Å²) in [6.07, 6.45) is 5.31. The average Bonchev–Trinajstić information content (AvgIpc) is 3.30. The molecule has 0 saturated heterocycles. The summed E-state index contributed by atoms with van der Waals surface area (Å²) in [6, 6.07) is 10.9. The Morgan fingerprint density at radius 3 is 2.10 bits per heavy atom. The van der Waals surface area contributed by atoms with E-state index in [4.69, 9.17) is 31.6 Å². The van der Waals surface area contributed by atoms with Crippen LogP contribution in [0.3, 0.4) is 0 Å². The third-order valence-electron chi connectivity index (χ3n) is 4.90. The Labute approximate surface area is 181 Å². The maximum absolute atomic E-state index is 11.8. The highest BCUT2D eigenvalue weighted by atomic mass is 32.1. The minimum absolute atomic E-state index is 0.395. The number of hydrogen-bond acceptors (Lipinski definition) is 7. The van der Waals surface area contributed by atoms with Crippen LogP contribution in [-0.4, -0.2) is 44.0 Å². The van der Waals surface area contributed by atoms with Crippen LogP contribution in [0.4, 0.5) is 0 Å². The van der Waals surface area contributed by atoms with Crippen molar-refractivity contribution >= 4 is 18.6 Å². The maximum Gasteiger partial charge on any atom is 0.337 e. The second kappa shape index (κ2) is 9.13. The molecule has 3 rings (SSSR count). The van der Waals surface area contributed by atoms with Crippen molar-refractivity contribution in [3.8, 4) is 17.2 Å². The number of carbonyl (C=O) groups is 1. The van der Waals surface area contributed by atoms with Gasteiger partial charge in [0.2, 0.25) is 5.75 Å². The number of carbonyl (C=O) groups excluding carboxylic acids is 1. The monoisotopic (exact) mass is 428 g/mol. The fraction of sp³-hybridized carbons (Fsp3) is 0.273. The predicted molar refractivity (Wildman–Crippen MR) is 116 cm³/mol. The topological polar surface area (TPSA) is 71.8 Å². The lowest BCUT2D eigenvalue weighted by atomic mass is 9.88. The van der Waals surface area contributed by atoms with Crippen LogP contribution in [-0.2, 0) is 16.0 Å². The second-order valence-electron chi connectivity index (χ2n) is 6.58. The minimum Gasteiger partial charge on any atom is -0.493 e. The molecule has 0 bridgehead atoms. The molecule has 0 spiro atoms. The van der Waals surface area contributed by atoms with Crippen molar-refractivity contribution < 1.29 is 23.7 Å². The molecule has 1 unspecified atom stereocenters. The fourth-order valence-electron chi connectivity index (χ4n) is 3.31. The zero-order valence-corrected chi connectivity index (χ0v) is 18.2. The number of hydrogen-bond donors (Lipinski definition) is 1. The first kappa shape index (κ1) is 21.6. The van der Waals surface area contributed by atoms with Gasteiger partial charge in [0.25, 0.3) is 0 Å². The highest BCUT2D eigenvalue weighted by Gasteiger charge is 2.33. The van der Waals surface area contributed by atoms with Crippen LogP contribution in [0.2, 0.25) is 0 Å². The first-order valence-electron chi connectivity index (χ1n) is 9.14. The maximum atomic E-state index is 11.8. The van der Waals surface area contributed by atoms with E-state index in [2.05, 4.69) is 4.98 Å². The number of benzene rings is 2. The van der Waals surface area contributed by atoms with Gasteiger partial charge in [0.15, 0.2) is 11.5 Å². The Kier molecular flexibility index (Phi) is 6.56. The molecule has 0 N–H and O–H groups in total. The summed E-state index contributed by atoms with van der Waals surface area (Å²) in [4.78, 5) is 16.0. The summed E-state index contributed by atoms with van der Waals surface area (Å²) in [5, 5.41) is 0. The third kappa shape index (κ3) is 4.09. The van der Waals surface area contributed by atoms with Crippen LogP contribution >= 0.6 is 12.6 Å². The van der Waals surface area contributed by atoms with Crippen molar-refractivity contribution in [2.45, 2.75) is 11.3 Å². The summed E-state index contributed by atoms with van der Waals surface area (Å²) in [5.74, 6) is 1.17. The molecule has 7 nitrogen and oxygen atoms in total. The third-order valence-corrected chi connectivity index (χ3v) is 5.55. The molecule has 0 saturated carbocycles. The van der Waals surface area contributed by atoms with E-state index >= 15 is 0 Å². The number of aromatic nitrogens is 2. The summed E-state index contributed by atoms with van der Waals surface area (Å²) < 4.78 is 22.5. The number of ether oxygens (including phenoxy) is 4. The van der Waals surface area contributed by atoms with Crippen molar-refractivity contribution in [1.29, 1.82) is 0 Å². The fourth-order valence-corrected chi connectivity index (χ4v) is 3.75. The molecule has 1 aromatic heterocycles. The summed E-state index contributed by atoms with van der Waals surface area (Å²) in [6.45, 7) is 0.478. The van der Waals surface area contributed by atoms with E-state index in [1.54, 1.807) is 46.0 Å². The number of thiol groups is 1. The number of esters is 1. The predicted octanol–water partition coefficient (Wildman–Crippen LogP) is 3.57. The smallest absolute Gasteiger partial charge is 0.337 e. The van der Waals surface area contributed by atoms with Crippen LogP contribution in [0.5, 0.6) is 17.2 Å². The zero-order chi connectivity index (χ0) is 21.7. The van der Waals surface area contributed by atoms with Gasteiger partial charge in [-0.1, -0.05) is 12.1 Å². The van der Waals surface area contributed by atoms with Gasteiger partial charge in [-0.25, -0.2) is 9.78 Å². The number of methoxy groups -OCH3 is 4. The molecule has 30 heavy (non-hydrogen) atoms. The summed E-state index contributed by atoms with van der Waals surface area (Å²) in [7, 11) is 6.06. The van der Waals surface area contributed by atoms with Crippen molar-refractivity contribution in [1.82, 2.24) is 9.55 Å². The van der Waals surface area contributed by atoms with Gasteiger partial charge in [-0.2, -0.15) is 12.6 Å². The quantitative estimate of drug-likeness (QED) is 0.437. The molecule has 0 aliphatic rings. The van der Waals surface area contributed by atoms with E-state index in [0.717, 1.165) is 11.1 Å². The van der Waals surface area contributed by atoms with Gasteiger partial charge < -0.3 is 23.5 Å². The molecule has 3 aromatic rings. The van der Waals surface area contributed by atoms with Gasteiger partial charge in [-0.3, -0.25) is 0 Å².